The first kappa shape index (κ1) is 19.9. The topological polar surface area (TPSA) is 58.2 Å². The highest BCUT2D eigenvalue weighted by atomic mass is 32.2. The van der Waals surface area contributed by atoms with Crippen molar-refractivity contribution in [2.24, 2.45) is 5.92 Å². The summed E-state index contributed by atoms with van der Waals surface area (Å²) >= 11 is 0. The molecular formula is C24H28N2O2S. The standard InChI is InChI=1S/C24H28N2O2S/c1-5-11-25-29(27,28)18-9-10-22-21(14-18)19-7-6-8-20(19)24(26-22)23-16(3)12-15(2)13-17(23)4/h5-7,9-10,12-14,19-20,24-26H,1,8,11H2,2-4H3. The zero-order valence-electron chi connectivity index (χ0n) is 17.2. The van der Waals surface area contributed by atoms with Crippen molar-refractivity contribution in [3.63, 3.8) is 0 Å². The quantitative estimate of drug-likeness (QED) is 0.692. The summed E-state index contributed by atoms with van der Waals surface area (Å²) in [5.41, 5.74) is 7.34. The number of sulfonamides is 1. The summed E-state index contributed by atoms with van der Waals surface area (Å²) in [5, 5.41) is 3.74. The van der Waals surface area contributed by atoms with Crippen molar-refractivity contribution < 1.29 is 8.42 Å². The van der Waals surface area contributed by atoms with E-state index in [9.17, 15) is 8.42 Å². The number of anilines is 1. The maximum absolute atomic E-state index is 12.6. The lowest BCUT2D eigenvalue weighted by atomic mass is 9.75. The third-order valence-electron chi connectivity index (χ3n) is 6.11. The number of hydrogen-bond donors (Lipinski definition) is 2. The van der Waals surface area contributed by atoms with Gasteiger partial charge in [0, 0.05) is 18.2 Å². The lowest BCUT2D eigenvalue weighted by Gasteiger charge is -2.39. The largest absolute Gasteiger partial charge is 0.378 e. The smallest absolute Gasteiger partial charge is 0.240 e. The van der Waals surface area contributed by atoms with Gasteiger partial charge >= 0.3 is 0 Å². The number of fused-ring (bicyclic) bond motifs is 3. The number of rotatable bonds is 5. The molecule has 29 heavy (non-hydrogen) atoms. The van der Waals surface area contributed by atoms with Crippen molar-refractivity contribution in [3.05, 3.63) is 83.0 Å². The minimum Gasteiger partial charge on any atom is -0.378 e. The zero-order chi connectivity index (χ0) is 20.8. The van der Waals surface area contributed by atoms with Crippen LogP contribution in [0.1, 0.15) is 46.2 Å². The fraction of sp³-hybridized carbons (Fsp3) is 0.333. The Balaban J connectivity index is 1.76. The molecule has 0 bridgehead atoms. The molecule has 5 heteroatoms. The molecular weight excluding hydrogens is 380 g/mol. The van der Waals surface area contributed by atoms with E-state index in [1.165, 1.54) is 22.3 Å². The molecule has 0 saturated heterocycles. The summed E-state index contributed by atoms with van der Waals surface area (Å²) < 4.78 is 27.7. The second-order valence-corrected chi connectivity index (χ2v) is 9.94. The Bertz CT molecular complexity index is 1080. The minimum atomic E-state index is -3.54. The lowest BCUT2D eigenvalue weighted by Crippen LogP contribution is -2.31. The highest BCUT2D eigenvalue weighted by Crippen LogP contribution is 2.51. The third kappa shape index (κ3) is 3.53. The third-order valence-corrected chi connectivity index (χ3v) is 7.53. The van der Waals surface area contributed by atoms with E-state index < -0.39 is 10.0 Å². The molecule has 1 aliphatic carbocycles. The first-order chi connectivity index (χ1) is 13.8. The van der Waals surface area contributed by atoms with Crippen LogP contribution in [-0.2, 0) is 10.0 Å². The van der Waals surface area contributed by atoms with Crippen molar-refractivity contribution in [1.82, 2.24) is 4.72 Å². The van der Waals surface area contributed by atoms with E-state index in [0.717, 1.165) is 17.7 Å². The van der Waals surface area contributed by atoms with Gasteiger partial charge in [-0.15, -0.1) is 6.58 Å². The van der Waals surface area contributed by atoms with Crippen molar-refractivity contribution in [2.75, 3.05) is 11.9 Å². The van der Waals surface area contributed by atoms with Crippen molar-refractivity contribution in [2.45, 2.75) is 44.0 Å². The molecule has 152 valence electrons. The molecule has 0 saturated carbocycles. The van der Waals surface area contributed by atoms with Gasteiger partial charge < -0.3 is 5.32 Å². The lowest BCUT2D eigenvalue weighted by molar-refractivity contribution is 0.422. The predicted octanol–water partition coefficient (Wildman–Crippen LogP) is 4.90. The Hall–Kier alpha value is -2.37. The second-order valence-electron chi connectivity index (χ2n) is 8.18. The molecule has 4 nitrogen and oxygen atoms in total. The number of aryl methyl sites for hydroxylation is 3. The monoisotopic (exact) mass is 408 g/mol. The summed E-state index contributed by atoms with van der Waals surface area (Å²) in [6.45, 7) is 10.3. The van der Waals surface area contributed by atoms with Crippen LogP contribution in [0.2, 0.25) is 0 Å². The van der Waals surface area contributed by atoms with E-state index in [4.69, 9.17) is 0 Å². The van der Waals surface area contributed by atoms with E-state index in [1.807, 2.05) is 12.1 Å². The maximum Gasteiger partial charge on any atom is 0.240 e. The van der Waals surface area contributed by atoms with Crippen LogP contribution in [0.3, 0.4) is 0 Å². The SMILES string of the molecule is C=CCNS(=O)(=O)c1ccc2c(c1)C1C=CCC1C(c1c(C)cc(C)cc1C)N2. The Morgan fingerprint density at radius 2 is 1.90 bits per heavy atom. The molecule has 3 atom stereocenters. The molecule has 0 fully saturated rings. The van der Waals surface area contributed by atoms with Gasteiger partial charge in [-0.3, -0.25) is 0 Å². The molecule has 0 aromatic heterocycles. The van der Waals surface area contributed by atoms with Crippen LogP contribution in [0.15, 0.2) is 60.0 Å². The van der Waals surface area contributed by atoms with Crippen LogP contribution in [0, 0.1) is 26.7 Å². The van der Waals surface area contributed by atoms with E-state index in [-0.39, 0.29) is 18.5 Å². The fourth-order valence-corrected chi connectivity index (χ4v) is 5.99. The second kappa shape index (κ2) is 7.47. The van der Waals surface area contributed by atoms with Crippen molar-refractivity contribution in [1.29, 1.82) is 0 Å². The van der Waals surface area contributed by atoms with E-state index in [1.54, 1.807) is 12.1 Å². The van der Waals surface area contributed by atoms with Crippen LogP contribution < -0.4 is 10.0 Å². The Labute approximate surface area is 173 Å². The molecule has 1 heterocycles. The summed E-state index contributed by atoms with van der Waals surface area (Å²) in [7, 11) is -3.54. The van der Waals surface area contributed by atoms with Crippen LogP contribution >= 0.6 is 0 Å². The number of nitrogens with one attached hydrogen (secondary N) is 2. The first-order valence-electron chi connectivity index (χ1n) is 10.1. The number of allylic oxidation sites excluding steroid dienone is 2. The van der Waals surface area contributed by atoms with Gasteiger partial charge in [0.2, 0.25) is 10.0 Å². The molecule has 2 aliphatic rings. The van der Waals surface area contributed by atoms with Gasteiger partial charge in [-0.1, -0.05) is 35.9 Å². The maximum atomic E-state index is 12.6. The predicted molar refractivity (Wildman–Crippen MR) is 119 cm³/mol. The molecule has 3 unspecified atom stereocenters. The van der Waals surface area contributed by atoms with Gasteiger partial charge in [0.1, 0.15) is 0 Å². The molecule has 4 rings (SSSR count). The fourth-order valence-electron chi connectivity index (χ4n) is 4.96. The van der Waals surface area contributed by atoms with Crippen molar-refractivity contribution >= 4 is 15.7 Å². The summed E-state index contributed by atoms with van der Waals surface area (Å²) in [6.07, 6.45) is 7.00. The minimum absolute atomic E-state index is 0.212. The van der Waals surface area contributed by atoms with E-state index in [2.05, 4.69) is 61.7 Å². The van der Waals surface area contributed by atoms with Crippen molar-refractivity contribution in [3.8, 4) is 0 Å². The average molecular weight is 409 g/mol. The first-order valence-corrected chi connectivity index (χ1v) is 11.6. The highest BCUT2D eigenvalue weighted by Gasteiger charge is 2.39. The summed E-state index contributed by atoms with van der Waals surface area (Å²) in [5.74, 6) is 0.590. The average Bonchev–Trinajstić information content (AvgIpc) is 3.15. The van der Waals surface area contributed by atoms with Gasteiger partial charge in [-0.2, -0.15) is 0 Å². The van der Waals surface area contributed by atoms with Crippen LogP contribution in [0.5, 0.6) is 0 Å². The Morgan fingerprint density at radius 3 is 2.59 bits per heavy atom. The Kier molecular flexibility index (Phi) is 5.13. The molecule has 0 amide bonds. The van der Waals surface area contributed by atoms with Gasteiger partial charge in [-0.25, -0.2) is 13.1 Å². The molecule has 0 spiro atoms. The normalized spacial score (nSPS) is 22.7. The molecule has 0 radical (unpaired) electrons. The zero-order valence-corrected chi connectivity index (χ0v) is 18.0. The Morgan fingerprint density at radius 1 is 1.17 bits per heavy atom. The van der Waals surface area contributed by atoms with E-state index >= 15 is 0 Å². The number of benzene rings is 2. The molecule has 1 aliphatic heterocycles. The van der Waals surface area contributed by atoms with Crippen LogP contribution in [0.25, 0.3) is 0 Å². The summed E-state index contributed by atoms with van der Waals surface area (Å²) in [6, 6.07) is 10.1. The van der Waals surface area contributed by atoms with Gasteiger partial charge in [0.25, 0.3) is 0 Å². The summed E-state index contributed by atoms with van der Waals surface area (Å²) in [4.78, 5) is 0.306. The van der Waals surface area contributed by atoms with Crippen LogP contribution in [0.4, 0.5) is 5.69 Å². The van der Waals surface area contributed by atoms with Crippen LogP contribution in [-0.4, -0.2) is 15.0 Å². The van der Waals surface area contributed by atoms with Gasteiger partial charge in [0.05, 0.1) is 10.9 Å². The molecule has 2 aromatic carbocycles. The van der Waals surface area contributed by atoms with E-state index in [0.29, 0.717) is 10.8 Å². The number of hydrogen-bond acceptors (Lipinski definition) is 3. The van der Waals surface area contributed by atoms with Gasteiger partial charge in [0.15, 0.2) is 0 Å². The van der Waals surface area contributed by atoms with Gasteiger partial charge in [-0.05, 0) is 73.6 Å². The molecule has 2 aromatic rings. The molecule has 2 N–H and O–H groups in total. The highest BCUT2D eigenvalue weighted by molar-refractivity contribution is 7.89.